The first-order valence-electron chi connectivity index (χ1n) is 17.6. The van der Waals surface area contributed by atoms with Gasteiger partial charge in [-0.1, -0.05) is 23.4 Å². The molecule has 0 spiro atoms. The van der Waals surface area contributed by atoms with Crippen LogP contribution in [-0.2, 0) is 16.6 Å². The standard InChI is InChI=1S/C38H34ClF3N8O4S2/c1-4-49(24-10-14-48(15-11-24)31-17-29(31)38(40,41)42)35-27(18-43)32-30(19-45-35)46-21(2)50(37(32)52)13-5-6-22-7-8-23(39)16-26(22)25-9-12-44-33-28(20-55-34(25)33)36(51)47-56(3,53)54/h7-9,12,16,19-20,24,29,31H,4,10-11,13-15,17H2,1-3H3,(H,47,51)/t29-,31-/m1/s1. The molecular formula is C38H34ClF3N8O4S2. The molecule has 1 aromatic carbocycles. The first-order chi connectivity index (χ1) is 26.6. The van der Waals surface area contributed by atoms with Crippen molar-refractivity contribution in [3.8, 4) is 29.0 Å². The number of nitrogens with zero attached hydrogens (tertiary/aromatic N) is 7. The monoisotopic (exact) mass is 822 g/mol. The molecule has 0 bridgehead atoms. The highest BCUT2D eigenvalue weighted by atomic mass is 35.5. The zero-order chi connectivity index (χ0) is 40.1. The molecular weight excluding hydrogens is 789 g/mol. The number of sulfonamides is 1. The normalized spacial score (nSPS) is 17.7. The molecule has 1 aliphatic heterocycles. The number of piperidine rings is 1. The summed E-state index contributed by atoms with van der Waals surface area (Å²) in [5, 5.41) is 12.5. The summed E-state index contributed by atoms with van der Waals surface area (Å²) in [5.41, 5.74) is 2.12. The maximum Gasteiger partial charge on any atom is 0.393 e. The van der Waals surface area contributed by atoms with Crippen LogP contribution in [0.1, 0.15) is 53.5 Å². The Labute approximate surface area is 329 Å². The Morgan fingerprint density at radius 3 is 2.59 bits per heavy atom. The Bertz CT molecular complexity index is 2680. The maximum absolute atomic E-state index is 14.1. The molecule has 18 heteroatoms. The Kier molecular flexibility index (Phi) is 10.6. The molecule has 2 atom stereocenters. The quantitative estimate of drug-likeness (QED) is 0.188. The van der Waals surface area contributed by atoms with Crippen molar-refractivity contribution in [3.63, 3.8) is 0 Å². The number of nitrogens with one attached hydrogen (secondary N) is 1. The van der Waals surface area contributed by atoms with Gasteiger partial charge in [0.25, 0.3) is 11.5 Å². The molecule has 2 aliphatic rings. The van der Waals surface area contributed by atoms with Crippen LogP contribution in [0.15, 0.2) is 46.8 Å². The van der Waals surface area contributed by atoms with Crippen molar-refractivity contribution < 1.29 is 26.4 Å². The van der Waals surface area contributed by atoms with Crippen LogP contribution in [-0.4, -0.2) is 82.9 Å². The Morgan fingerprint density at radius 2 is 1.93 bits per heavy atom. The fourth-order valence-corrected chi connectivity index (χ4v) is 9.11. The van der Waals surface area contributed by atoms with Gasteiger partial charge in [-0.15, -0.1) is 11.3 Å². The predicted molar refractivity (Wildman–Crippen MR) is 208 cm³/mol. The van der Waals surface area contributed by atoms with Crippen molar-refractivity contribution in [1.29, 1.82) is 5.26 Å². The average molecular weight is 823 g/mol. The second-order valence-electron chi connectivity index (χ2n) is 13.8. The zero-order valence-electron chi connectivity index (χ0n) is 30.3. The zero-order valence-corrected chi connectivity index (χ0v) is 32.7. The first kappa shape index (κ1) is 39.2. The molecule has 0 radical (unpaired) electrons. The average Bonchev–Trinajstić information content (AvgIpc) is 3.85. The van der Waals surface area contributed by atoms with E-state index in [9.17, 15) is 36.4 Å². The van der Waals surface area contributed by atoms with Gasteiger partial charge in [0.15, 0.2) is 0 Å². The van der Waals surface area contributed by atoms with Crippen molar-refractivity contribution in [3.05, 3.63) is 79.9 Å². The molecule has 1 saturated heterocycles. The summed E-state index contributed by atoms with van der Waals surface area (Å²) in [7, 11) is -3.80. The number of carbonyl (C=O) groups is 1. The molecule has 5 aromatic rings. The number of likely N-dealkylation sites (tertiary alicyclic amines) is 1. The Hall–Kier alpha value is -5.07. The second kappa shape index (κ2) is 15.1. The smallest absolute Gasteiger partial charge is 0.353 e. The Balaban J connectivity index is 1.18. The number of carbonyl (C=O) groups excluding carboxylic acids is 1. The van der Waals surface area contributed by atoms with Crippen molar-refractivity contribution >= 4 is 65.8 Å². The van der Waals surface area contributed by atoms with E-state index in [4.69, 9.17) is 11.6 Å². The summed E-state index contributed by atoms with van der Waals surface area (Å²) in [5.74, 6) is 4.81. The molecule has 56 heavy (non-hydrogen) atoms. The van der Waals surface area contributed by atoms with E-state index in [0.29, 0.717) is 76.0 Å². The van der Waals surface area contributed by atoms with Gasteiger partial charge in [0.2, 0.25) is 10.0 Å². The lowest BCUT2D eigenvalue weighted by atomic mass is 10.00. The largest absolute Gasteiger partial charge is 0.393 e. The lowest BCUT2D eigenvalue weighted by molar-refractivity contribution is -0.152. The number of fused-ring (bicyclic) bond motifs is 2. The third-order valence-electron chi connectivity index (χ3n) is 10.2. The van der Waals surface area contributed by atoms with E-state index in [-0.39, 0.29) is 41.0 Å². The predicted octanol–water partition coefficient (Wildman–Crippen LogP) is 5.88. The number of anilines is 1. The van der Waals surface area contributed by atoms with Crippen molar-refractivity contribution in [2.75, 3.05) is 30.8 Å². The summed E-state index contributed by atoms with van der Waals surface area (Å²) >= 11 is 7.63. The summed E-state index contributed by atoms with van der Waals surface area (Å²) in [6.07, 6.45) is 0.990. The molecule has 12 nitrogen and oxygen atoms in total. The van der Waals surface area contributed by atoms with Crippen LogP contribution in [0.4, 0.5) is 19.0 Å². The summed E-state index contributed by atoms with van der Waals surface area (Å²) < 4.78 is 67.1. The molecule has 5 heterocycles. The number of alkyl halides is 3. The van der Waals surface area contributed by atoms with Crippen LogP contribution in [0.2, 0.25) is 5.02 Å². The summed E-state index contributed by atoms with van der Waals surface area (Å²) in [6.45, 7) is 4.97. The minimum Gasteiger partial charge on any atom is -0.353 e. The van der Waals surface area contributed by atoms with E-state index >= 15 is 0 Å². The van der Waals surface area contributed by atoms with Crippen LogP contribution in [0.3, 0.4) is 0 Å². The molecule has 2 fully saturated rings. The van der Waals surface area contributed by atoms with Gasteiger partial charge in [0.05, 0.1) is 51.6 Å². The van der Waals surface area contributed by atoms with Crippen molar-refractivity contribution in [2.24, 2.45) is 5.92 Å². The Morgan fingerprint density at radius 1 is 1.18 bits per heavy atom. The number of halogens is 4. The number of aromatic nitrogens is 4. The molecule has 0 unspecified atom stereocenters. The minimum absolute atomic E-state index is 0.0746. The summed E-state index contributed by atoms with van der Waals surface area (Å²) in [6, 6.07) is 8.48. The van der Waals surface area contributed by atoms with E-state index in [1.54, 1.807) is 31.2 Å². The topological polar surface area (TPSA) is 154 Å². The fraction of sp³-hybridized carbons (Fsp3) is 0.368. The molecule has 1 N–H and O–H groups in total. The minimum atomic E-state index is -4.19. The number of benzene rings is 1. The van der Waals surface area contributed by atoms with E-state index in [1.165, 1.54) is 33.7 Å². The highest BCUT2D eigenvalue weighted by Gasteiger charge is 2.58. The van der Waals surface area contributed by atoms with Gasteiger partial charge in [-0.3, -0.25) is 24.0 Å². The van der Waals surface area contributed by atoms with Crippen LogP contribution < -0.4 is 15.2 Å². The number of hydrogen-bond donors (Lipinski definition) is 1. The van der Waals surface area contributed by atoms with Crippen LogP contribution >= 0.6 is 22.9 Å². The highest BCUT2D eigenvalue weighted by Crippen LogP contribution is 2.48. The number of amides is 1. The van der Waals surface area contributed by atoms with Gasteiger partial charge in [-0.2, -0.15) is 18.4 Å². The van der Waals surface area contributed by atoms with Gasteiger partial charge in [-0.05, 0) is 57.4 Å². The lowest BCUT2D eigenvalue weighted by Gasteiger charge is -2.39. The number of thiophene rings is 1. The summed E-state index contributed by atoms with van der Waals surface area (Å²) in [4.78, 5) is 44.2. The van der Waals surface area contributed by atoms with Gasteiger partial charge < -0.3 is 4.90 Å². The van der Waals surface area contributed by atoms with Crippen molar-refractivity contribution in [1.82, 2.24) is 29.1 Å². The van der Waals surface area contributed by atoms with Gasteiger partial charge in [0, 0.05) is 65.0 Å². The number of aryl methyl sites for hydroxylation is 1. The third-order valence-corrected chi connectivity index (χ3v) is 12.0. The van der Waals surface area contributed by atoms with E-state index in [2.05, 4.69) is 32.9 Å². The molecule has 1 amide bonds. The highest BCUT2D eigenvalue weighted by molar-refractivity contribution is 7.89. The van der Waals surface area contributed by atoms with Crippen LogP contribution in [0.5, 0.6) is 0 Å². The molecule has 4 aromatic heterocycles. The number of rotatable bonds is 8. The second-order valence-corrected chi connectivity index (χ2v) is 16.8. The number of nitriles is 1. The molecule has 290 valence electrons. The van der Waals surface area contributed by atoms with Crippen molar-refractivity contribution in [2.45, 2.75) is 57.9 Å². The van der Waals surface area contributed by atoms with Gasteiger partial charge in [0.1, 0.15) is 23.3 Å². The SMILES string of the molecule is CCN(c1ncc2nc(C)n(CC#Cc3ccc(Cl)cc3-c3ccnc4c(C(=O)NS(C)(=O)=O)csc34)c(=O)c2c1C#N)C1CCN([C@@H]2C[C@H]2C(F)(F)F)CC1. The molecule has 1 aliphatic carbocycles. The van der Waals surface area contributed by atoms with E-state index in [1.807, 2.05) is 21.4 Å². The molecule has 1 saturated carbocycles. The lowest BCUT2D eigenvalue weighted by Crippen LogP contribution is -2.47. The van der Waals surface area contributed by atoms with E-state index < -0.39 is 39.6 Å². The fourth-order valence-electron chi connectivity index (χ4n) is 7.46. The molecule has 7 rings (SSSR count). The van der Waals surface area contributed by atoms with Gasteiger partial charge in [-0.25, -0.2) is 23.1 Å². The maximum atomic E-state index is 14.1. The number of pyridine rings is 2. The number of hydrogen-bond acceptors (Lipinski definition) is 11. The third kappa shape index (κ3) is 7.69. The first-order valence-corrected chi connectivity index (χ1v) is 20.8. The van der Waals surface area contributed by atoms with E-state index in [0.717, 1.165) is 6.26 Å². The van der Waals surface area contributed by atoms with Gasteiger partial charge >= 0.3 is 6.18 Å². The van der Waals surface area contributed by atoms with Crippen LogP contribution in [0.25, 0.3) is 32.2 Å². The van der Waals surface area contributed by atoms with Crippen LogP contribution in [0, 0.1) is 36.0 Å².